The van der Waals surface area contributed by atoms with Gasteiger partial charge in [0.1, 0.15) is 24.0 Å². The number of aliphatic hydroxyl groups is 1. The van der Waals surface area contributed by atoms with E-state index in [0.717, 1.165) is 6.42 Å². The summed E-state index contributed by atoms with van der Waals surface area (Å²) < 4.78 is 11.6. The first-order valence-electron chi connectivity index (χ1n) is 16.8. The van der Waals surface area contributed by atoms with Gasteiger partial charge in [-0.2, -0.15) is 5.06 Å². The zero-order valence-corrected chi connectivity index (χ0v) is 29.9. The number of methoxy groups -OCH3 is 1. The fourth-order valence-corrected chi connectivity index (χ4v) is 8.01. The number of allylic oxidation sites excluding steroid dienone is 2. The molecule has 4 aliphatic rings. The van der Waals surface area contributed by atoms with E-state index >= 15 is 0 Å². The summed E-state index contributed by atoms with van der Waals surface area (Å²) in [5.74, 6) is 0.285. The molecule has 0 unspecified atom stereocenters. The predicted octanol–water partition coefficient (Wildman–Crippen LogP) is 3.69. The summed E-state index contributed by atoms with van der Waals surface area (Å²) in [7, 11) is 6.91. The molecule has 11 heteroatoms. The highest BCUT2D eigenvalue weighted by molar-refractivity contribution is 5.98. The number of ether oxygens (including phenoxy) is 2. The summed E-state index contributed by atoms with van der Waals surface area (Å²) in [6.45, 7) is 13.6. The number of hydroxylamine groups is 2. The lowest BCUT2D eigenvalue weighted by molar-refractivity contribution is -0.183. The number of carbonyl (C=O) groups excluding carboxylic acids is 3. The largest absolute Gasteiger partial charge is 0.496 e. The standard InChI is InChI=1S/C37H54N4O7/c1-21(35(44)38-7)16-25(14-15-40(8)9)28-13-11-12-26(34(28)46-10)19-41-33(32(31(20-42)48-41)23(3)47-24(4)43)36(45)39-30-18-27-17-29(22(30)2)37(27,5)6/h11-16,22-23,27,29-33,42H,1,17-20H2,2-10H3,(H,38,44)(H,39,45)/t22-,23-,27+,29-,30-,31-,32+,33-/m0/s1. The van der Waals surface area contributed by atoms with Crippen LogP contribution in [0.5, 0.6) is 5.75 Å². The Balaban J connectivity index is 1.71. The Morgan fingerprint density at radius 2 is 1.96 bits per heavy atom. The molecule has 1 saturated heterocycles. The average molecular weight is 667 g/mol. The summed E-state index contributed by atoms with van der Waals surface area (Å²) in [6.07, 6.45) is 6.03. The average Bonchev–Trinajstić information content (AvgIpc) is 3.41. The van der Waals surface area contributed by atoms with Crippen molar-refractivity contribution in [3.63, 3.8) is 0 Å². The first kappa shape index (κ1) is 37.2. The first-order valence-corrected chi connectivity index (χ1v) is 16.8. The van der Waals surface area contributed by atoms with Crippen LogP contribution in [0.4, 0.5) is 0 Å². The van der Waals surface area contributed by atoms with Gasteiger partial charge in [-0.15, -0.1) is 0 Å². The molecule has 1 aromatic carbocycles. The van der Waals surface area contributed by atoms with Crippen molar-refractivity contribution in [2.75, 3.05) is 34.9 Å². The maximum Gasteiger partial charge on any atom is 0.302 e. The van der Waals surface area contributed by atoms with Gasteiger partial charge in [-0.05, 0) is 66.9 Å². The Morgan fingerprint density at radius 3 is 2.52 bits per heavy atom. The molecule has 0 radical (unpaired) electrons. The topological polar surface area (TPSA) is 130 Å². The minimum absolute atomic E-state index is 0.0106. The van der Waals surface area contributed by atoms with Gasteiger partial charge in [-0.25, -0.2) is 0 Å². The van der Waals surface area contributed by atoms with Crippen molar-refractivity contribution in [2.45, 2.75) is 78.3 Å². The van der Waals surface area contributed by atoms with Crippen LogP contribution in [0, 0.1) is 29.1 Å². The second-order valence-corrected chi connectivity index (χ2v) is 14.3. The summed E-state index contributed by atoms with van der Waals surface area (Å²) >= 11 is 0. The van der Waals surface area contributed by atoms with Gasteiger partial charge in [0.05, 0.1) is 26.2 Å². The van der Waals surface area contributed by atoms with Gasteiger partial charge in [0, 0.05) is 50.8 Å². The lowest BCUT2D eigenvalue weighted by Gasteiger charge is -2.62. The highest BCUT2D eigenvalue weighted by atomic mass is 16.7. The van der Waals surface area contributed by atoms with Crippen molar-refractivity contribution in [1.29, 1.82) is 0 Å². The van der Waals surface area contributed by atoms with Crippen LogP contribution in [0.25, 0.3) is 5.57 Å². The van der Waals surface area contributed by atoms with Gasteiger partial charge in [0.2, 0.25) is 11.8 Å². The van der Waals surface area contributed by atoms with Crippen molar-refractivity contribution in [3.8, 4) is 5.75 Å². The highest BCUT2D eigenvalue weighted by Gasteiger charge is 2.57. The Morgan fingerprint density at radius 1 is 1.25 bits per heavy atom. The minimum atomic E-state index is -0.861. The minimum Gasteiger partial charge on any atom is -0.496 e. The number of benzene rings is 1. The van der Waals surface area contributed by atoms with Crippen LogP contribution >= 0.6 is 0 Å². The van der Waals surface area contributed by atoms with Crippen molar-refractivity contribution in [1.82, 2.24) is 20.6 Å². The summed E-state index contributed by atoms with van der Waals surface area (Å²) in [5, 5.41) is 18.0. The lowest BCUT2D eigenvalue weighted by atomic mass is 9.45. The molecule has 2 amide bonds. The van der Waals surface area contributed by atoms with E-state index < -0.39 is 30.1 Å². The summed E-state index contributed by atoms with van der Waals surface area (Å²) in [5.41, 5.74) is 2.65. The molecule has 0 spiro atoms. The van der Waals surface area contributed by atoms with Crippen LogP contribution in [-0.2, 0) is 30.5 Å². The maximum atomic E-state index is 14.3. The van der Waals surface area contributed by atoms with Gasteiger partial charge in [0.15, 0.2) is 0 Å². The third kappa shape index (κ3) is 7.63. The Bertz CT molecular complexity index is 1440. The Labute approximate surface area is 285 Å². The molecule has 48 heavy (non-hydrogen) atoms. The van der Waals surface area contributed by atoms with Gasteiger partial charge in [-0.3, -0.25) is 19.2 Å². The number of nitrogens with one attached hydrogen (secondary N) is 2. The number of carbonyl (C=O) groups is 3. The molecule has 1 aromatic rings. The molecular formula is C37H54N4O7. The number of hydrogen-bond acceptors (Lipinski definition) is 9. The second kappa shape index (κ2) is 15.3. The SMILES string of the molecule is C=C(C=C(C=CN(C)C)c1cccc(CN2O[C@@H](CO)[C@@H]([C@H](C)OC(C)=O)[C@H]2C(=O)N[C@H]2C[C@H]3C[C@@H]([C@@H]2C)C3(C)C)c1OC)C(=O)NC. The molecule has 3 N–H and O–H groups in total. The molecular weight excluding hydrogens is 612 g/mol. The van der Waals surface area contributed by atoms with E-state index in [-0.39, 0.29) is 42.0 Å². The van der Waals surface area contributed by atoms with E-state index in [9.17, 15) is 19.5 Å². The molecule has 1 aliphatic heterocycles. The van der Waals surface area contributed by atoms with Crippen LogP contribution in [0.3, 0.4) is 0 Å². The zero-order chi connectivity index (χ0) is 35.5. The predicted molar refractivity (Wildman–Crippen MR) is 184 cm³/mol. The van der Waals surface area contributed by atoms with E-state index in [0.29, 0.717) is 40.2 Å². The molecule has 264 valence electrons. The van der Waals surface area contributed by atoms with Crippen LogP contribution in [-0.4, -0.2) is 92.0 Å². The number of hydrogen-bond donors (Lipinski definition) is 3. The van der Waals surface area contributed by atoms with Gasteiger partial charge >= 0.3 is 5.97 Å². The van der Waals surface area contributed by atoms with Crippen molar-refractivity contribution in [2.24, 2.45) is 29.1 Å². The summed E-state index contributed by atoms with van der Waals surface area (Å²) in [4.78, 5) is 46.9. The fraction of sp³-hybridized carbons (Fsp3) is 0.595. The van der Waals surface area contributed by atoms with Crippen LogP contribution in [0.1, 0.15) is 58.6 Å². The van der Waals surface area contributed by atoms with Crippen LogP contribution in [0.15, 0.2) is 48.7 Å². The monoisotopic (exact) mass is 666 g/mol. The quantitative estimate of drug-likeness (QED) is 0.164. The van der Waals surface area contributed by atoms with E-state index in [1.54, 1.807) is 32.2 Å². The van der Waals surface area contributed by atoms with Crippen molar-refractivity contribution in [3.05, 3.63) is 59.8 Å². The van der Waals surface area contributed by atoms with E-state index in [4.69, 9.17) is 14.3 Å². The second-order valence-electron chi connectivity index (χ2n) is 14.3. The molecule has 4 fully saturated rings. The van der Waals surface area contributed by atoms with Crippen LogP contribution in [0.2, 0.25) is 0 Å². The van der Waals surface area contributed by atoms with E-state index in [1.807, 2.05) is 49.5 Å². The molecule has 0 aromatic heterocycles. The number of likely N-dealkylation sites (N-methyl/N-ethyl adjacent to an activating group) is 1. The van der Waals surface area contributed by atoms with Crippen LogP contribution < -0.4 is 15.4 Å². The number of fused-ring (bicyclic) bond motifs is 2. The summed E-state index contributed by atoms with van der Waals surface area (Å²) in [6, 6.07) is 4.80. The zero-order valence-electron chi connectivity index (χ0n) is 29.9. The molecule has 2 bridgehead atoms. The van der Waals surface area contributed by atoms with E-state index in [1.165, 1.54) is 13.3 Å². The molecule has 11 nitrogen and oxygen atoms in total. The lowest BCUT2D eigenvalue weighted by Crippen LogP contribution is -2.62. The van der Waals surface area contributed by atoms with Gasteiger partial charge in [0.25, 0.3) is 0 Å². The van der Waals surface area contributed by atoms with E-state index in [2.05, 4.69) is 38.0 Å². The van der Waals surface area contributed by atoms with Crippen molar-refractivity contribution < 1.29 is 33.8 Å². The number of para-hydroxylation sites is 1. The molecule has 3 saturated carbocycles. The number of esters is 1. The third-order valence-corrected chi connectivity index (χ3v) is 10.7. The molecule has 5 rings (SSSR count). The first-order chi connectivity index (χ1) is 22.6. The number of rotatable bonds is 13. The third-order valence-electron chi connectivity index (χ3n) is 10.7. The maximum absolute atomic E-state index is 14.3. The molecule has 8 atom stereocenters. The number of aliphatic hydroxyl groups excluding tert-OH is 1. The Kier molecular flexibility index (Phi) is 11.8. The molecule has 3 aliphatic carbocycles. The normalized spacial score (nSPS) is 28.7. The van der Waals surface area contributed by atoms with Gasteiger partial charge in [-0.1, -0.05) is 45.5 Å². The molecule has 1 heterocycles. The Hall–Kier alpha value is -3.67. The van der Waals surface area contributed by atoms with Gasteiger partial charge < -0.3 is 30.1 Å². The fourth-order valence-electron chi connectivity index (χ4n) is 8.01. The smallest absolute Gasteiger partial charge is 0.302 e. The number of amides is 2. The van der Waals surface area contributed by atoms with Crippen molar-refractivity contribution >= 4 is 23.4 Å². The number of nitrogens with zero attached hydrogens (tertiary/aromatic N) is 2. The highest BCUT2D eigenvalue weighted by Crippen LogP contribution is 2.61.